The molecule has 0 fully saturated rings. The highest BCUT2D eigenvalue weighted by molar-refractivity contribution is 5.82. The van der Waals surface area contributed by atoms with Crippen LogP contribution >= 0.6 is 0 Å². The van der Waals surface area contributed by atoms with Crippen LogP contribution in [0.15, 0.2) is 24.3 Å². The Morgan fingerprint density at radius 3 is 2.81 bits per heavy atom. The first kappa shape index (κ1) is 15.4. The predicted octanol–water partition coefficient (Wildman–Crippen LogP) is 1.81. The molecule has 1 amide bonds. The Hall–Kier alpha value is -2.04. The summed E-state index contributed by atoms with van der Waals surface area (Å²) in [6.45, 7) is 1.91. The van der Waals surface area contributed by atoms with Crippen molar-refractivity contribution in [3.63, 3.8) is 0 Å². The van der Waals surface area contributed by atoms with Gasteiger partial charge in [0.2, 0.25) is 5.91 Å². The number of hydrogen-bond acceptors (Lipinski definition) is 3. The van der Waals surface area contributed by atoms with Crippen molar-refractivity contribution in [1.82, 2.24) is 5.32 Å². The monoisotopic (exact) mass is 290 g/mol. The number of aliphatic carboxylic acids is 1. The maximum absolute atomic E-state index is 11.9. The number of anilines is 1. The standard InChI is InChI=1S/C16H22N2O3/c19-15(17-10-5-1-2-8-16(20)21)12-18-11-9-13-6-3-4-7-14(13)18/h3-4,6-7H,1-2,5,8-12H2,(H,17,19)(H,20,21). The first-order valence-electron chi connectivity index (χ1n) is 7.48. The molecule has 0 aliphatic carbocycles. The van der Waals surface area contributed by atoms with Gasteiger partial charge in [-0.2, -0.15) is 0 Å². The van der Waals surface area contributed by atoms with Crippen molar-refractivity contribution in [2.24, 2.45) is 0 Å². The summed E-state index contributed by atoms with van der Waals surface area (Å²) in [4.78, 5) is 24.4. The molecular formula is C16H22N2O3. The fourth-order valence-electron chi connectivity index (χ4n) is 2.61. The third-order valence-corrected chi connectivity index (χ3v) is 3.71. The maximum atomic E-state index is 11.9. The van der Waals surface area contributed by atoms with Crippen LogP contribution in [0.25, 0.3) is 0 Å². The SMILES string of the molecule is O=C(O)CCCCCNC(=O)CN1CCc2ccccc21. The number of carboxylic acid groups (broad SMARTS) is 1. The molecule has 2 rings (SSSR count). The Bertz CT molecular complexity index is 502. The van der Waals surface area contributed by atoms with E-state index in [-0.39, 0.29) is 12.3 Å². The van der Waals surface area contributed by atoms with Crippen molar-refractivity contribution in [2.75, 3.05) is 24.5 Å². The highest BCUT2D eigenvalue weighted by Crippen LogP contribution is 2.26. The molecule has 0 unspecified atom stereocenters. The number of carbonyl (C=O) groups is 2. The smallest absolute Gasteiger partial charge is 0.303 e. The van der Waals surface area contributed by atoms with Crippen LogP contribution in [0.3, 0.4) is 0 Å². The van der Waals surface area contributed by atoms with E-state index in [1.807, 2.05) is 12.1 Å². The van der Waals surface area contributed by atoms with E-state index >= 15 is 0 Å². The Labute approximate surface area is 125 Å². The van der Waals surface area contributed by atoms with Gasteiger partial charge in [-0.05, 0) is 30.9 Å². The summed E-state index contributed by atoms with van der Waals surface area (Å²) in [5.74, 6) is -0.725. The van der Waals surface area contributed by atoms with Gasteiger partial charge >= 0.3 is 5.97 Å². The van der Waals surface area contributed by atoms with Gasteiger partial charge in [-0.15, -0.1) is 0 Å². The molecule has 0 aromatic heterocycles. The summed E-state index contributed by atoms with van der Waals surface area (Å²) in [6.07, 6.45) is 3.54. The highest BCUT2D eigenvalue weighted by atomic mass is 16.4. The zero-order chi connectivity index (χ0) is 15.1. The van der Waals surface area contributed by atoms with Crippen LogP contribution in [0, 0.1) is 0 Å². The second-order valence-electron chi connectivity index (χ2n) is 5.35. The van der Waals surface area contributed by atoms with Crippen LogP contribution < -0.4 is 10.2 Å². The summed E-state index contributed by atoms with van der Waals surface area (Å²) in [5, 5.41) is 11.4. The molecule has 1 aromatic rings. The molecule has 1 aromatic carbocycles. The number of benzene rings is 1. The lowest BCUT2D eigenvalue weighted by atomic mass is 10.2. The van der Waals surface area contributed by atoms with Crippen LogP contribution in [0.5, 0.6) is 0 Å². The Morgan fingerprint density at radius 1 is 1.19 bits per heavy atom. The lowest BCUT2D eigenvalue weighted by Crippen LogP contribution is -2.36. The quantitative estimate of drug-likeness (QED) is 0.716. The van der Waals surface area contributed by atoms with Gasteiger partial charge in [0.25, 0.3) is 0 Å². The summed E-state index contributed by atoms with van der Waals surface area (Å²) in [7, 11) is 0. The number of hydrogen-bond donors (Lipinski definition) is 2. The zero-order valence-corrected chi connectivity index (χ0v) is 12.2. The largest absolute Gasteiger partial charge is 0.481 e. The fraction of sp³-hybridized carbons (Fsp3) is 0.500. The number of para-hydroxylation sites is 1. The van der Waals surface area contributed by atoms with E-state index in [0.717, 1.165) is 31.5 Å². The van der Waals surface area contributed by atoms with Gasteiger partial charge in [-0.3, -0.25) is 9.59 Å². The minimum Gasteiger partial charge on any atom is -0.481 e. The lowest BCUT2D eigenvalue weighted by Gasteiger charge is -2.18. The number of unbranched alkanes of at least 4 members (excludes halogenated alkanes) is 2. The van der Waals surface area contributed by atoms with Crippen LogP contribution in [0.2, 0.25) is 0 Å². The maximum Gasteiger partial charge on any atom is 0.303 e. The fourth-order valence-corrected chi connectivity index (χ4v) is 2.61. The topological polar surface area (TPSA) is 69.6 Å². The Morgan fingerprint density at radius 2 is 2.00 bits per heavy atom. The zero-order valence-electron chi connectivity index (χ0n) is 12.2. The van der Waals surface area contributed by atoms with Crippen molar-refractivity contribution in [1.29, 1.82) is 0 Å². The van der Waals surface area contributed by atoms with Gasteiger partial charge < -0.3 is 15.3 Å². The van der Waals surface area contributed by atoms with Crippen molar-refractivity contribution in [3.8, 4) is 0 Å². The molecule has 0 radical (unpaired) electrons. The number of nitrogens with zero attached hydrogens (tertiary/aromatic N) is 1. The van der Waals surface area contributed by atoms with Crippen molar-refractivity contribution < 1.29 is 14.7 Å². The average Bonchev–Trinajstić information content (AvgIpc) is 2.86. The molecule has 0 saturated carbocycles. The molecule has 1 aliphatic rings. The predicted molar refractivity (Wildman–Crippen MR) is 81.5 cm³/mol. The van der Waals surface area contributed by atoms with Gasteiger partial charge in [-0.25, -0.2) is 0 Å². The lowest BCUT2D eigenvalue weighted by molar-refractivity contribution is -0.137. The van der Waals surface area contributed by atoms with Crippen LogP contribution in [0.1, 0.15) is 31.2 Å². The highest BCUT2D eigenvalue weighted by Gasteiger charge is 2.19. The number of fused-ring (bicyclic) bond motifs is 1. The molecule has 114 valence electrons. The molecule has 0 spiro atoms. The molecule has 5 heteroatoms. The van der Waals surface area contributed by atoms with Crippen LogP contribution in [0.4, 0.5) is 5.69 Å². The first-order valence-corrected chi connectivity index (χ1v) is 7.48. The van der Waals surface area contributed by atoms with Gasteiger partial charge in [0, 0.05) is 25.2 Å². The number of rotatable bonds is 8. The van der Waals surface area contributed by atoms with Gasteiger partial charge in [0.1, 0.15) is 0 Å². The second-order valence-corrected chi connectivity index (χ2v) is 5.35. The summed E-state index contributed by atoms with van der Waals surface area (Å²) in [6, 6.07) is 8.19. The van der Waals surface area contributed by atoms with E-state index in [2.05, 4.69) is 22.3 Å². The third-order valence-electron chi connectivity index (χ3n) is 3.71. The molecule has 0 atom stereocenters. The summed E-state index contributed by atoms with van der Waals surface area (Å²) < 4.78 is 0. The number of amides is 1. The van der Waals surface area contributed by atoms with Crippen molar-refractivity contribution >= 4 is 17.6 Å². The minimum atomic E-state index is -0.758. The van der Waals surface area contributed by atoms with Gasteiger partial charge in [0.05, 0.1) is 6.54 Å². The van der Waals surface area contributed by atoms with Crippen molar-refractivity contribution in [3.05, 3.63) is 29.8 Å². The molecule has 0 saturated heterocycles. The molecular weight excluding hydrogens is 268 g/mol. The number of nitrogens with one attached hydrogen (secondary N) is 1. The molecule has 1 aliphatic heterocycles. The Balaban J connectivity index is 1.63. The Kier molecular flexibility index (Phi) is 5.60. The molecule has 5 nitrogen and oxygen atoms in total. The average molecular weight is 290 g/mol. The molecule has 1 heterocycles. The summed E-state index contributed by atoms with van der Waals surface area (Å²) in [5.41, 5.74) is 2.47. The van der Waals surface area contributed by atoms with E-state index < -0.39 is 5.97 Å². The van der Waals surface area contributed by atoms with E-state index in [0.29, 0.717) is 19.5 Å². The van der Waals surface area contributed by atoms with E-state index in [1.54, 1.807) is 0 Å². The van der Waals surface area contributed by atoms with E-state index in [4.69, 9.17) is 5.11 Å². The van der Waals surface area contributed by atoms with E-state index in [1.165, 1.54) is 5.56 Å². The minimum absolute atomic E-state index is 0.0323. The molecule has 2 N–H and O–H groups in total. The van der Waals surface area contributed by atoms with Crippen LogP contribution in [-0.2, 0) is 16.0 Å². The normalized spacial score (nSPS) is 13.0. The number of carboxylic acids is 1. The van der Waals surface area contributed by atoms with Crippen molar-refractivity contribution in [2.45, 2.75) is 32.1 Å². The molecule has 0 bridgehead atoms. The third kappa shape index (κ3) is 4.77. The molecule has 21 heavy (non-hydrogen) atoms. The second kappa shape index (κ2) is 7.67. The van der Waals surface area contributed by atoms with Crippen LogP contribution in [-0.4, -0.2) is 36.6 Å². The van der Waals surface area contributed by atoms with Gasteiger partial charge in [-0.1, -0.05) is 24.6 Å². The van der Waals surface area contributed by atoms with Gasteiger partial charge in [0.15, 0.2) is 0 Å². The summed E-state index contributed by atoms with van der Waals surface area (Å²) >= 11 is 0. The van der Waals surface area contributed by atoms with E-state index in [9.17, 15) is 9.59 Å². The number of carbonyl (C=O) groups excluding carboxylic acids is 1. The first-order chi connectivity index (χ1) is 10.2.